The molecule has 0 fully saturated rings. The fourth-order valence-electron chi connectivity index (χ4n) is 1.86. The van der Waals surface area contributed by atoms with Gasteiger partial charge in [-0.25, -0.2) is 0 Å². The van der Waals surface area contributed by atoms with Gasteiger partial charge >= 0.3 is 6.29 Å². The van der Waals surface area contributed by atoms with Crippen LogP contribution in [0.3, 0.4) is 0 Å². The number of aromatic nitrogens is 1. The highest BCUT2D eigenvalue weighted by atomic mass is 19.3. The van der Waals surface area contributed by atoms with Gasteiger partial charge in [0.1, 0.15) is 6.07 Å². The quantitative estimate of drug-likeness (QED) is 0.793. The molecule has 1 N–H and O–H groups in total. The van der Waals surface area contributed by atoms with Crippen LogP contribution in [0.1, 0.15) is 5.56 Å². The number of ether oxygens (including phenoxy) is 2. The van der Waals surface area contributed by atoms with E-state index in [4.69, 9.17) is 5.26 Å². The lowest BCUT2D eigenvalue weighted by Gasteiger charge is -2.06. The van der Waals surface area contributed by atoms with Gasteiger partial charge < -0.3 is 14.5 Å². The standard InChI is InChI=1S/C12H6F2N2O2/c13-12(14)17-10-3-1-2-8(11(10)18-12)9-6-16-5-7(9)4-15/h1-3,5-6,16H/i4+1,7+1,9+1. The average Bonchev–Trinajstić information content (AvgIpc) is 2.89. The number of alkyl halides is 2. The maximum absolute atomic E-state index is 13.0. The van der Waals surface area contributed by atoms with Crippen molar-refractivity contribution in [3.63, 3.8) is 0 Å². The number of H-pyrrole nitrogens is 1. The summed E-state index contributed by atoms with van der Waals surface area (Å²) in [6, 6.07) is 6.51. The molecule has 1 aromatic carbocycles. The Hall–Kier alpha value is -2.55. The van der Waals surface area contributed by atoms with E-state index in [-0.39, 0.29) is 11.5 Å². The Kier molecular flexibility index (Phi) is 2.04. The molecule has 4 nitrogen and oxygen atoms in total. The van der Waals surface area contributed by atoms with Crippen molar-refractivity contribution < 1.29 is 18.3 Å². The van der Waals surface area contributed by atoms with Crippen molar-refractivity contribution in [1.82, 2.24) is 4.98 Å². The van der Waals surface area contributed by atoms with Crippen molar-refractivity contribution in [2.24, 2.45) is 0 Å². The van der Waals surface area contributed by atoms with E-state index in [0.717, 1.165) is 0 Å². The lowest BCUT2D eigenvalue weighted by Crippen LogP contribution is -2.26. The summed E-state index contributed by atoms with van der Waals surface area (Å²) >= 11 is 0. The average molecular weight is 251 g/mol. The monoisotopic (exact) mass is 251 g/mol. The molecule has 1 aromatic heterocycles. The zero-order valence-corrected chi connectivity index (χ0v) is 8.91. The molecule has 0 spiro atoms. The Morgan fingerprint density at radius 2 is 2.00 bits per heavy atom. The van der Waals surface area contributed by atoms with Gasteiger partial charge in [-0.1, -0.05) is 12.1 Å². The van der Waals surface area contributed by atoms with Crippen LogP contribution < -0.4 is 9.47 Å². The van der Waals surface area contributed by atoms with Crippen LogP contribution in [0, 0.1) is 11.3 Å². The summed E-state index contributed by atoms with van der Waals surface area (Å²) in [6.45, 7) is 0. The maximum Gasteiger partial charge on any atom is 0.586 e. The summed E-state index contributed by atoms with van der Waals surface area (Å²) in [4.78, 5) is 2.75. The van der Waals surface area contributed by atoms with E-state index in [9.17, 15) is 8.78 Å². The van der Waals surface area contributed by atoms with Crippen molar-refractivity contribution in [3.05, 3.63) is 36.2 Å². The van der Waals surface area contributed by atoms with Gasteiger partial charge in [0.25, 0.3) is 0 Å². The number of halogens is 2. The van der Waals surface area contributed by atoms with Crippen molar-refractivity contribution in [2.75, 3.05) is 0 Å². The molecular formula is C12H6F2N2O2. The minimum absolute atomic E-state index is 0.0393. The van der Waals surface area contributed by atoms with Gasteiger partial charge in [-0.05, 0) is 6.07 Å². The zero-order valence-electron chi connectivity index (χ0n) is 8.91. The van der Waals surface area contributed by atoms with Crippen molar-refractivity contribution in [1.29, 1.82) is 5.26 Å². The summed E-state index contributed by atoms with van der Waals surface area (Å²) < 4.78 is 34.9. The lowest BCUT2D eigenvalue weighted by atomic mass is 10.2. The molecule has 90 valence electrons. The molecule has 0 aliphatic carbocycles. The van der Waals surface area contributed by atoms with Crippen LogP contribution in [-0.2, 0) is 0 Å². The molecule has 0 saturated heterocycles. The Morgan fingerprint density at radius 1 is 1.17 bits per heavy atom. The molecule has 18 heavy (non-hydrogen) atoms. The van der Waals surface area contributed by atoms with E-state index in [2.05, 4.69) is 14.5 Å². The third-order valence-electron chi connectivity index (χ3n) is 2.58. The third-order valence-corrected chi connectivity index (χ3v) is 2.58. The first-order valence-electron chi connectivity index (χ1n) is 5.07. The first kappa shape index (κ1) is 10.6. The number of nitrogens with one attached hydrogen (secondary N) is 1. The number of para-hydroxylation sites is 1. The topological polar surface area (TPSA) is 58.0 Å². The highest BCUT2D eigenvalue weighted by Gasteiger charge is 2.44. The number of fused-ring (bicyclic) bond motifs is 1. The van der Waals surface area contributed by atoms with E-state index < -0.39 is 6.29 Å². The van der Waals surface area contributed by atoms with Crippen LogP contribution in [0.25, 0.3) is 11.1 Å². The summed E-state index contributed by atoms with van der Waals surface area (Å²) in [5.41, 5.74) is 1.24. The van der Waals surface area contributed by atoms with E-state index >= 15 is 0 Å². The lowest BCUT2D eigenvalue weighted by molar-refractivity contribution is -0.286. The van der Waals surface area contributed by atoms with E-state index in [1.807, 2.05) is 6.07 Å². The second-order valence-corrected chi connectivity index (χ2v) is 3.69. The summed E-state index contributed by atoms with van der Waals surface area (Å²) in [7, 11) is 0. The van der Waals surface area contributed by atoms with Crippen LogP contribution in [0.4, 0.5) is 8.78 Å². The zero-order chi connectivity index (χ0) is 12.8. The van der Waals surface area contributed by atoms with Gasteiger partial charge in [0.15, 0.2) is 11.5 Å². The molecule has 6 heteroatoms. The molecule has 0 radical (unpaired) electrons. The van der Waals surface area contributed by atoms with Gasteiger partial charge in [-0.3, -0.25) is 0 Å². The highest BCUT2D eigenvalue weighted by molar-refractivity contribution is 5.78. The number of nitrogens with zero attached hydrogens (tertiary/aromatic N) is 1. The van der Waals surface area contributed by atoms with Gasteiger partial charge in [-0.15, -0.1) is 8.78 Å². The molecule has 1 aliphatic heterocycles. The number of hydrogen-bond donors (Lipinski definition) is 1. The van der Waals surface area contributed by atoms with E-state index in [0.29, 0.717) is 16.7 Å². The summed E-state index contributed by atoms with van der Waals surface area (Å²) in [5, 5.41) is 8.93. The molecule has 1 aliphatic rings. The largest absolute Gasteiger partial charge is 0.586 e. The minimum atomic E-state index is -3.67. The maximum atomic E-state index is 13.0. The molecular weight excluding hydrogens is 245 g/mol. The normalized spacial score (nSPS) is 15.4. The fourth-order valence-corrected chi connectivity index (χ4v) is 1.86. The third kappa shape index (κ3) is 1.49. The van der Waals surface area contributed by atoms with Gasteiger partial charge in [-0.2, -0.15) is 5.26 Å². The number of hydrogen-bond acceptors (Lipinski definition) is 3. The molecule has 0 saturated carbocycles. The molecule has 2 aromatic rings. The Morgan fingerprint density at radius 3 is 2.78 bits per heavy atom. The number of aromatic amines is 1. The van der Waals surface area contributed by atoms with Crippen LogP contribution in [0.5, 0.6) is 11.5 Å². The van der Waals surface area contributed by atoms with Gasteiger partial charge in [0, 0.05) is 23.5 Å². The predicted molar refractivity (Wildman–Crippen MR) is 57.1 cm³/mol. The van der Waals surface area contributed by atoms with Gasteiger partial charge in [0.2, 0.25) is 0 Å². The fraction of sp³-hybridized carbons (Fsp3) is 0.0833. The molecule has 0 bridgehead atoms. The second kappa shape index (κ2) is 3.47. The first-order valence-corrected chi connectivity index (χ1v) is 5.07. The summed E-state index contributed by atoms with van der Waals surface area (Å²) in [6.07, 6.45) is -0.627. The number of benzene rings is 1. The van der Waals surface area contributed by atoms with Crippen molar-refractivity contribution >= 4 is 0 Å². The molecule has 0 atom stereocenters. The SMILES string of the molecule is N#[13C][13c]1c[nH]c[13c]1-c1cccc2c1OC(F)(F)O2. The molecule has 2 heterocycles. The molecule has 0 unspecified atom stereocenters. The molecule has 3 rings (SSSR count). The van der Waals surface area contributed by atoms with Crippen LogP contribution in [-0.4, -0.2) is 11.3 Å². The predicted octanol–water partition coefficient (Wildman–Crippen LogP) is 2.87. The number of rotatable bonds is 1. The van der Waals surface area contributed by atoms with Crippen LogP contribution in [0.15, 0.2) is 30.6 Å². The van der Waals surface area contributed by atoms with E-state index in [1.54, 1.807) is 18.3 Å². The first-order chi connectivity index (χ1) is 8.61. The van der Waals surface area contributed by atoms with Gasteiger partial charge in [0.05, 0.1) is 5.56 Å². The smallest absolute Gasteiger partial charge is 0.395 e. The Balaban J connectivity index is 2.17. The van der Waals surface area contributed by atoms with Crippen LogP contribution in [0.2, 0.25) is 0 Å². The summed E-state index contributed by atoms with van der Waals surface area (Å²) in [5.74, 6) is -0.0961. The van der Waals surface area contributed by atoms with Crippen LogP contribution >= 0.6 is 0 Å². The van der Waals surface area contributed by atoms with E-state index in [1.165, 1.54) is 12.3 Å². The highest BCUT2D eigenvalue weighted by Crippen LogP contribution is 2.47. The Bertz CT molecular complexity index is 658. The molecule has 0 amide bonds. The number of nitriles is 1. The van der Waals surface area contributed by atoms with Crippen molar-refractivity contribution in [3.8, 4) is 28.7 Å². The van der Waals surface area contributed by atoms with Crippen molar-refractivity contribution in [2.45, 2.75) is 6.29 Å². The Labute approximate surface area is 100 Å². The second-order valence-electron chi connectivity index (χ2n) is 3.69. The minimum Gasteiger partial charge on any atom is -0.395 e.